The molecule has 0 amide bonds. The van der Waals surface area contributed by atoms with Crippen molar-refractivity contribution < 1.29 is 4.74 Å². The van der Waals surface area contributed by atoms with Crippen molar-refractivity contribution in [1.29, 1.82) is 0 Å². The third-order valence-electron chi connectivity index (χ3n) is 3.37. The summed E-state index contributed by atoms with van der Waals surface area (Å²) in [5.41, 5.74) is 8.08. The maximum absolute atomic E-state index is 5.89. The highest BCUT2D eigenvalue weighted by Crippen LogP contribution is 2.30. The van der Waals surface area contributed by atoms with Crippen molar-refractivity contribution in [2.45, 2.75) is 19.8 Å². The van der Waals surface area contributed by atoms with Gasteiger partial charge >= 0.3 is 0 Å². The molecule has 0 radical (unpaired) electrons. The van der Waals surface area contributed by atoms with Crippen LogP contribution in [0, 0.1) is 5.41 Å². The fourth-order valence-corrected chi connectivity index (χ4v) is 2.01. The van der Waals surface area contributed by atoms with Crippen molar-refractivity contribution >= 4 is 11.4 Å². The highest BCUT2D eigenvalue weighted by atomic mass is 16.5. The van der Waals surface area contributed by atoms with Gasteiger partial charge in [0.05, 0.1) is 11.4 Å². The highest BCUT2D eigenvalue weighted by molar-refractivity contribution is 5.65. The van der Waals surface area contributed by atoms with Crippen LogP contribution in [0.2, 0.25) is 0 Å². The van der Waals surface area contributed by atoms with Crippen LogP contribution in [0.3, 0.4) is 0 Å². The van der Waals surface area contributed by atoms with Gasteiger partial charge in [0.15, 0.2) is 0 Å². The van der Waals surface area contributed by atoms with Crippen molar-refractivity contribution in [2.24, 2.45) is 5.41 Å². The SMILES string of the molecule is CC1(CNc2ccccc2N)CCOCC1. The van der Waals surface area contributed by atoms with Gasteiger partial charge in [0.25, 0.3) is 0 Å². The van der Waals surface area contributed by atoms with E-state index in [-0.39, 0.29) is 0 Å². The number of rotatable bonds is 3. The first kappa shape index (κ1) is 11.3. The molecule has 1 saturated heterocycles. The summed E-state index contributed by atoms with van der Waals surface area (Å²) in [5.74, 6) is 0. The smallest absolute Gasteiger partial charge is 0.0574 e. The van der Waals surface area contributed by atoms with Gasteiger partial charge in [-0.05, 0) is 30.4 Å². The van der Waals surface area contributed by atoms with E-state index in [2.05, 4.69) is 12.2 Å². The van der Waals surface area contributed by atoms with E-state index in [4.69, 9.17) is 10.5 Å². The zero-order chi connectivity index (χ0) is 11.4. The largest absolute Gasteiger partial charge is 0.397 e. The van der Waals surface area contributed by atoms with Crippen LogP contribution in [0.25, 0.3) is 0 Å². The Balaban J connectivity index is 1.94. The predicted octanol–water partition coefficient (Wildman–Crippen LogP) is 2.50. The predicted molar refractivity (Wildman–Crippen MR) is 67.5 cm³/mol. The van der Waals surface area contributed by atoms with Crippen LogP contribution in [-0.2, 0) is 4.74 Å². The Morgan fingerprint density at radius 3 is 2.69 bits per heavy atom. The summed E-state index contributed by atoms with van der Waals surface area (Å²) >= 11 is 0. The molecule has 1 fully saturated rings. The summed E-state index contributed by atoms with van der Waals surface area (Å²) in [6.07, 6.45) is 2.24. The van der Waals surface area contributed by atoms with Crippen molar-refractivity contribution in [3.8, 4) is 0 Å². The van der Waals surface area contributed by atoms with Crippen molar-refractivity contribution in [2.75, 3.05) is 30.8 Å². The van der Waals surface area contributed by atoms with Crippen LogP contribution in [0.5, 0.6) is 0 Å². The number of hydrogen-bond acceptors (Lipinski definition) is 3. The van der Waals surface area contributed by atoms with E-state index in [1.54, 1.807) is 0 Å². The molecule has 3 heteroatoms. The molecular formula is C13H20N2O. The van der Waals surface area contributed by atoms with Gasteiger partial charge in [0, 0.05) is 19.8 Å². The third-order valence-corrected chi connectivity index (χ3v) is 3.37. The van der Waals surface area contributed by atoms with Crippen LogP contribution < -0.4 is 11.1 Å². The van der Waals surface area contributed by atoms with Gasteiger partial charge in [-0.1, -0.05) is 19.1 Å². The van der Waals surface area contributed by atoms with E-state index < -0.39 is 0 Å². The minimum absolute atomic E-state index is 0.334. The first-order valence-electron chi connectivity index (χ1n) is 5.86. The molecule has 0 unspecified atom stereocenters. The lowest BCUT2D eigenvalue weighted by molar-refractivity contribution is 0.0300. The van der Waals surface area contributed by atoms with E-state index in [0.717, 1.165) is 44.0 Å². The number of benzene rings is 1. The highest BCUT2D eigenvalue weighted by Gasteiger charge is 2.27. The lowest BCUT2D eigenvalue weighted by atomic mass is 9.82. The van der Waals surface area contributed by atoms with E-state index in [1.165, 1.54) is 0 Å². The molecule has 88 valence electrons. The summed E-state index contributed by atoms with van der Waals surface area (Å²) in [6, 6.07) is 7.91. The molecule has 1 aliphatic heterocycles. The Bertz CT molecular complexity index is 346. The van der Waals surface area contributed by atoms with Gasteiger partial charge in [0.1, 0.15) is 0 Å². The molecule has 0 saturated carbocycles. The van der Waals surface area contributed by atoms with Crippen molar-refractivity contribution in [3.63, 3.8) is 0 Å². The molecule has 0 spiro atoms. The Morgan fingerprint density at radius 2 is 2.00 bits per heavy atom. The Kier molecular flexibility index (Phi) is 3.34. The van der Waals surface area contributed by atoms with E-state index in [0.29, 0.717) is 5.41 Å². The molecular weight excluding hydrogens is 200 g/mol. The normalized spacial score (nSPS) is 19.3. The number of nitrogens with two attached hydrogens (primary N) is 1. The van der Waals surface area contributed by atoms with Gasteiger partial charge < -0.3 is 15.8 Å². The molecule has 0 aliphatic carbocycles. The van der Waals surface area contributed by atoms with Crippen LogP contribution in [-0.4, -0.2) is 19.8 Å². The first-order valence-corrected chi connectivity index (χ1v) is 5.86. The fourth-order valence-electron chi connectivity index (χ4n) is 2.01. The molecule has 1 aliphatic rings. The van der Waals surface area contributed by atoms with E-state index >= 15 is 0 Å². The second-order valence-electron chi connectivity index (χ2n) is 4.86. The van der Waals surface area contributed by atoms with Gasteiger partial charge in [-0.15, -0.1) is 0 Å². The molecule has 16 heavy (non-hydrogen) atoms. The molecule has 0 atom stereocenters. The number of nitrogens with one attached hydrogen (secondary N) is 1. The number of para-hydroxylation sites is 2. The van der Waals surface area contributed by atoms with Crippen molar-refractivity contribution in [1.82, 2.24) is 0 Å². The first-order chi connectivity index (χ1) is 7.70. The van der Waals surface area contributed by atoms with Gasteiger partial charge in [-0.3, -0.25) is 0 Å². The Hall–Kier alpha value is -1.22. The molecule has 0 bridgehead atoms. The number of nitrogen functional groups attached to an aromatic ring is 1. The monoisotopic (exact) mass is 220 g/mol. The standard InChI is InChI=1S/C13H20N2O/c1-13(6-8-16-9-7-13)10-15-12-5-3-2-4-11(12)14/h2-5,15H,6-10,14H2,1H3. The average molecular weight is 220 g/mol. The zero-order valence-corrected chi connectivity index (χ0v) is 9.83. The second kappa shape index (κ2) is 4.74. The van der Waals surface area contributed by atoms with Crippen LogP contribution >= 0.6 is 0 Å². The molecule has 1 heterocycles. The summed E-state index contributed by atoms with van der Waals surface area (Å²) < 4.78 is 5.39. The fraction of sp³-hybridized carbons (Fsp3) is 0.538. The summed E-state index contributed by atoms with van der Waals surface area (Å²) in [6.45, 7) is 5.02. The average Bonchev–Trinajstić information content (AvgIpc) is 2.29. The Labute approximate surface area is 97.0 Å². The Morgan fingerprint density at radius 1 is 1.31 bits per heavy atom. The minimum atomic E-state index is 0.334. The summed E-state index contributed by atoms with van der Waals surface area (Å²) in [5, 5.41) is 3.44. The molecule has 2 rings (SSSR count). The molecule has 1 aromatic rings. The molecule has 3 nitrogen and oxygen atoms in total. The topological polar surface area (TPSA) is 47.3 Å². The lowest BCUT2D eigenvalue weighted by Crippen LogP contribution is -2.33. The van der Waals surface area contributed by atoms with Crippen LogP contribution in [0.1, 0.15) is 19.8 Å². The van der Waals surface area contributed by atoms with Crippen LogP contribution in [0.15, 0.2) is 24.3 Å². The quantitative estimate of drug-likeness (QED) is 0.769. The van der Waals surface area contributed by atoms with E-state index in [1.807, 2.05) is 24.3 Å². The minimum Gasteiger partial charge on any atom is -0.397 e. The number of anilines is 2. The third kappa shape index (κ3) is 2.67. The second-order valence-corrected chi connectivity index (χ2v) is 4.86. The zero-order valence-electron chi connectivity index (χ0n) is 9.83. The van der Waals surface area contributed by atoms with Gasteiger partial charge in [0.2, 0.25) is 0 Å². The maximum Gasteiger partial charge on any atom is 0.0574 e. The summed E-state index contributed by atoms with van der Waals surface area (Å²) in [7, 11) is 0. The number of hydrogen-bond donors (Lipinski definition) is 2. The molecule has 3 N–H and O–H groups in total. The van der Waals surface area contributed by atoms with Crippen molar-refractivity contribution in [3.05, 3.63) is 24.3 Å². The maximum atomic E-state index is 5.89. The van der Waals surface area contributed by atoms with Gasteiger partial charge in [-0.25, -0.2) is 0 Å². The van der Waals surface area contributed by atoms with E-state index in [9.17, 15) is 0 Å². The number of ether oxygens (including phenoxy) is 1. The van der Waals surface area contributed by atoms with Gasteiger partial charge in [-0.2, -0.15) is 0 Å². The lowest BCUT2D eigenvalue weighted by Gasteiger charge is -2.34. The van der Waals surface area contributed by atoms with Crippen LogP contribution in [0.4, 0.5) is 11.4 Å². The molecule has 0 aromatic heterocycles. The molecule has 1 aromatic carbocycles. The summed E-state index contributed by atoms with van der Waals surface area (Å²) in [4.78, 5) is 0.